The van der Waals surface area contributed by atoms with Crippen molar-refractivity contribution in [2.45, 2.75) is 26.2 Å². The van der Waals surface area contributed by atoms with Crippen molar-refractivity contribution in [3.05, 3.63) is 33.9 Å². The Labute approximate surface area is 129 Å². The number of carbonyl (C=O) groups is 1. The highest BCUT2D eigenvalue weighted by Crippen LogP contribution is 2.33. The Hall–Kier alpha value is -2.11. The van der Waals surface area contributed by atoms with E-state index in [2.05, 4.69) is 5.32 Å². The van der Waals surface area contributed by atoms with Crippen molar-refractivity contribution >= 4 is 17.3 Å². The summed E-state index contributed by atoms with van der Waals surface area (Å²) in [6, 6.07) is 5.09. The lowest BCUT2D eigenvalue weighted by Crippen LogP contribution is -2.30. The number of amides is 1. The third-order valence-electron chi connectivity index (χ3n) is 4.45. The first-order valence-electron chi connectivity index (χ1n) is 7.82. The molecule has 1 aromatic rings. The van der Waals surface area contributed by atoms with Gasteiger partial charge in [0.15, 0.2) is 0 Å². The molecule has 1 atom stereocenters. The first-order chi connectivity index (χ1) is 10.5. The van der Waals surface area contributed by atoms with Crippen molar-refractivity contribution in [2.75, 3.05) is 25.0 Å². The minimum Gasteiger partial charge on any atom is -0.379 e. The van der Waals surface area contributed by atoms with Crippen LogP contribution in [-0.2, 0) is 4.79 Å². The molecule has 0 aromatic heterocycles. The van der Waals surface area contributed by atoms with Crippen LogP contribution in [0.15, 0.2) is 18.2 Å². The van der Waals surface area contributed by atoms with Crippen LogP contribution in [0.3, 0.4) is 0 Å². The summed E-state index contributed by atoms with van der Waals surface area (Å²) in [5.74, 6) is 0.927. The smallest absolute Gasteiger partial charge is 0.292 e. The normalized spacial score (nSPS) is 21.0. The van der Waals surface area contributed by atoms with E-state index in [0.717, 1.165) is 37.9 Å². The van der Waals surface area contributed by atoms with E-state index in [1.807, 2.05) is 11.8 Å². The second kappa shape index (κ2) is 5.94. The van der Waals surface area contributed by atoms with Crippen molar-refractivity contribution in [2.24, 2.45) is 11.8 Å². The van der Waals surface area contributed by atoms with E-state index in [-0.39, 0.29) is 16.5 Å². The molecule has 0 spiro atoms. The monoisotopic (exact) mass is 303 g/mol. The van der Waals surface area contributed by atoms with Crippen molar-refractivity contribution in [3.63, 3.8) is 0 Å². The van der Waals surface area contributed by atoms with E-state index in [0.29, 0.717) is 24.1 Å². The SMILES string of the molecule is Cc1ccc([N+](=O)[O-])c(NC[C@@H]2CCN(C(=O)C3CC3)C2)c1. The molecule has 1 aromatic carbocycles. The molecule has 0 bridgehead atoms. The Kier molecular flexibility index (Phi) is 4.00. The summed E-state index contributed by atoms with van der Waals surface area (Å²) < 4.78 is 0. The Morgan fingerprint density at radius 1 is 1.41 bits per heavy atom. The van der Waals surface area contributed by atoms with Gasteiger partial charge in [0, 0.05) is 31.6 Å². The highest BCUT2D eigenvalue weighted by molar-refractivity contribution is 5.81. The molecule has 3 rings (SSSR count). The fourth-order valence-electron chi connectivity index (χ4n) is 2.99. The topological polar surface area (TPSA) is 75.5 Å². The van der Waals surface area contributed by atoms with E-state index in [9.17, 15) is 14.9 Å². The molecule has 6 heteroatoms. The molecule has 1 amide bonds. The molecule has 1 saturated carbocycles. The van der Waals surface area contributed by atoms with Gasteiger partial charge < -0.3 is 10.2 Å². The summed E-state index contributed by atoms with van der Waals surface area (Å²) in [5.41, 5.74) is 1.66. The van der Waals surface area contributed by atoms with Crippen molar-refractivity contribution in [1.82, 2.24) is 4.90 Å². The number of nitro groups is 1. The number of hydrogen-bond donors (Lipinski definition) is 1. The maximum atomic E-state index is 12.0. The standard InChI is InChI=1S/C16H21N3O3/c1-11-2-5-15(19(21)22)14(8-11)17-9-12-6-7-18(10-12)16(20)13-3-4-13/h2,5,8,12-13,17H,3-4,6-7,9-10H2,1H3/t12-/m0/s1. The van der Waals surface area contributed by atoms with Gasteiger partial charge in [-0.2, -0.15) is 0 Å². The van der Waals surface area contributed by atoms with Crippen LogP contribution in [0.5, 0.6) is 0 Å². The van der Waals surface area contributed by atoms with Gasteiger partial charge in [-0.25, -0.2) is 0 Å². The second-order valence-corrected chi connectivity index (χ2v) is 6.37. The maximum Gasteiger partial charge on any atom is 0.292 e. The number of nitrogens with one attached hydrogen (secondary N) is 1. The summed E-state index contributed by atoms with van der Waals surface area (Å²) in [4.78, 5) is 24.7. The minimum atomic E-state index is -0.362. The molecule has 1 aliphatic heterocycles. The Bertz CT molecular complexity index is 598. The van der Waals surface area contributed by atoms with Gasteiger partial charge in [0.05, 0.1) is 4.92 Å². The van der Waals surface area contributed by atoms with Gasteiger partial charge >= 0.3 is 0 Å². The van der Waals surface area contributed by atoms with Gasteiger partial charge in [-0.3, -0.25) is 14.9 Å². The number of carbonyl (C=O) groups excluding carboxylic acids is 1. The number of benzene rings is 1. The molecule has 2 fully saturated rings. The third kappa shape index (κ3) is 3.21. The lowest BCUT2D eigenvalue weighted by Gasteiger charge is -2.17. The first-order valence-corrected chi connectivity index (χ1v) is 7.82. The molecule has 0 radical (unpaired) electrons. The molecular formula is C16H21N3O3. The number of likely N-dealkylation sites (tertiary alicyclic amines) is 1. The average molecular weight is 303 g/mol. The summed E-state index contributed by atoms with van der Waals surface area (Å²) in [5, 5.41) is 14.3. The number of hydrogen-bond acceptors (Lipinski definition) is 4. The Balaban J connectivity index is 1.58. The van der Waals surface area contributed by atoms with E-state index < -0.39 is 0 Å². The number of rotatable bonds is 5. The number of anilines is 1. The summed E-state index contributed by atoms with van der Waals surface area (Å²) in [7, 11) is 0. The summed E-state index contributed by atoms with van der Waals surface area (Å²) in [6.07, 6.45) is 3.03. The van der Waals surface area contributed by atoms with Crippen molar-refractivity contribution in [1.29, 1.82) is 0 Å². The Morgan fingerprint density at radius 3 is 2.86 bits per heavy atom. The number of nitro benzene ring substituents is 1. The highest BCUT2D eigenvalue weighted by Gasteiger charge is 2.36. The molecule has 6 nitrogen and oxygen atoms in total. The third-order valence-corrected chi connectivity index (χ3v) is 4.45. The average Bonchev–Trinajstić information content (AvgIpc) is 3.22. The van der Waals surface area contributed by atoms with E-state index in [1.54, 1.807) is 12.1 Å². The fourth-order valence-corrected chi connectivity index (χ4v) is 2.99. The Morgan fingerprint density at radius 2 is 2.18 bits per heavy atom. The largest absolute Gasteiger partial charge is 0.379 e. The van der Waals surface area contributed by atoms with Crippen LogP contribution in [0.2, 0.25) is 0 Å². The second-order valence-electron chi connectivity index (χ2n) is 6.37. The highest BCUT2D eigenvalue weighted by atomic mass is 16.6. The minimum absolute atomic E-state index is 0.106. The number of aryl methyl sites for hydroxylation is 1. The van der Waals surface area contributed by atoms with Gasteiger partial charge in [-0.15, -0.1) is 0 Å². The molecular weight excluding hydrogens is 282 g/mol. The molecule has 1 aliphatic carbocycles. The summed E-state index contributed by atoms with van der Waals surface area (Å²) >= 11 is 0. The molecule has 118 valence electrons. The lowest BCUT2D eigenvalue weighted by atomic mass is 10.1. The van der Waals surface area contributed by atoms with Crippen LogP contribution >= 0.6 is 0 Å². The van der Waals surface area contributed by atoms with Gasteiger partial charge in [-0.05, 0) is 43.7 Å². The zero-order valence-corrected chi connectivity index (χ0v) is 12.7. The van der Waals surface area contributed by atoms with E-state index in [1.165, 1.54) is 6.07 Å². The molecule has 2 aliphatic rings. The maximum absolute atomic E-state index is 12.0. The molecule has 1 N–H and O–H groups in total. The lowest BCUT2D eigenvalue weighted by molar-refractivity contribution is -0.384. The van der Waals surface area contributed by atoms with Crippen molar-refractivity contribution in [3.8, 4) is 0 Å². The summed E-state index contributed by atoms with van der Waals surface area (Å²) in [6.45, 7) is 4.17. The predicted molar refractivity (Wildman–Crippen MR) is 83.7 cm³/mol. The van der Waals surface area contributed by atoms with E-state index in [4.69, 9.17) is 0 Å². The van der Waals surface area contributed by atoms with Crippen molar-refractivity contribution < 1.29 is 9.72 Å². The number of nitrogens with zero attached hydrogens (tertiary/aromatic N) is 2. The van der Waals surface area contributed by atoms with Crippen LogP contribution in [0.25, 0.3) is 0 Å². The predicted octanol–water partition coefficient (Wildman–Crippen LogP) is 2.57. The van der Waals surface area contributed by atoms with Crippen LogP contribution in [-0.4, -0.2) is 35.4 Å². The van der Waals surface area contributed by atoms with Gasteiger partial charge in [-0.1, -0.05) is 6.07 Å². The van der Waals surface area contributed by atoms with Crippen LogP contribution in [0.1, 0.15) is 24.8 Å². The van der Waals surface area contributed by atoms with E-state index >= 15 is 0 Å². The van der Waals surface area contributed by atoms with Gasteiger partial charge in [0.1, 0.15) is 5.69 Å². The zero-order valence-electron chi connectivity index (χ0n) is 12.7. The van der Waals surface area contributed by atoms with Crippen LogP contribution in [0.4, 0.5) is 11.4 Å². The van der Waals surface area contributed by atoms with Gasteiger partial charge in [0.2, 0.25) is 5.91 Å². The van der Waals surface area contributed by atoms with Gasteiger partial charge in [0.25, 0.3) is 5.69 Å². The van der Waals surface area contributed by atoms with Crippen LogP contribution in [0, 0.1) is 28.9 Å². The molecule has 0 unspecified atom stereocenters. The first kappa shape index (κ1) is 14.8. The molecule has 22 heavy (non-hydrogen) atoms. The van der Waals surface area contributed by atoms with Crippen LogP contribution < -0.4 is 5.32 Å². The quantitative estimate of drug-likeness (QED) is 0.670. The zero-order chi connectivity index (χ0) is 15.7. The molecule has 1 saturated heterocycles. The fraction of sp³-hybridized carbons (Fsp3) is 0.562. The molecule has 1 heterocycles.